The van der Waals surface area contributed by atoms with Crippen LogP contribution in [-0.2, 0) is 14.2 Å². The molecule has 0 fully saturated rings. The fraction of sp³-hybridized carbons (Fsp3) is 0.391. The van der Waals surface area contributed by atoms with Crippen molar-refractivity contribution in [2.45, 2.75) is 6.92 Å². The molecule has 0 radical (unpaired) electrons. The molecular formula is C23H27NO6S. The number of aromatic nitrogens is 1. The molecule has 0 aliphatic carbocycles. The van der Waals surface area contributed by atoms with Crippen molar-refractivity contribution in [2.75, 3.05) is 52.9 Å². The number of aliphatic hydroxyl groups is 1. The molecule has 0 bridgehead atoms. The SMILES string of the molecule is CC(=O)c1cccc2nc(-c3ccc(OCCOCCOCCOCCO)cc3)sc12. The van der Waals surface area contributed by atoms with E-state index in [1.807, 2.05) is 42.5 Å². The summed E-state index contributed by atoms with van der Waals surface area (Å²) >= 11 is 1.52. The highest BCUT2D eigenvalue weighted by Crippen LogP contribution is 2.33. The van der Waals surface area contributed by atoms with Gasteiger partial charge in [-0.05, 0) is 43.3 Å². The molecule has 7 nitrogen and oxygen atoms in total. The minimum absolute atomic E-state index is 0.0236. The molecule has 1 N–H and O–H groups in total. The average Bonchev–Trinajstić information content (AvgIpc) is 3.22. The molecule has 0 atom stereocenters. The van der Waals surface area contributed by atoms with Gasteiger partial charge in [0.15, 0.2) is 5.78 Å². The van der Waals surface area contributed by atoms with Crippen LogP contribution >= 0.6 is 11.3 Å². The zero-order chi connectivity index (χ0) is 21.9. The van der Waals surface area contributed by atoms with Gasteiger partial charge in [-0.1, -0.05) is 6.07 Å². The zero-order valence-electron chi connectivity index (χ0n) is 17.5. The molecule has 0 aliphatic rings. The number of carbonyl (C=O) groups is 1. The molecular weight excluding hydrogens is 418 g/mol. The molecule has 3 rings (SSSR count). The highest BCUT2D eigenvalue weighted by molar-refractivity contribution is 7.22. The van der Waals surface area contributed by atoms with Crippen molar-refractivity contribution in [3.05, 3.63) is 48.0 Å². The minimum atomic E-state index is 0.0236. The molecule has 0 spiro atoms. The van der Waals surface area contributed by atoms with Crippen LogP contribution in [0.3, 0.4) is 0 Å². The monoisotopic (exact) mass is 445 g/mol. The summed E-state index contributed by atoms with van der Waals surface area (Å²) in [5.41, 5.74) is 2.54. The lowest BCUT2D eigenvalue weighted by Crippen LogP contribution is -2.13. The second-order valence-electron chi connectivity index (χ2n) is 6.66. The summed E-state index contributed by atoms with van der Waals surface area (Å²) < 4.78 is 22.5. The van der Waals surface area contributed by atoms with Gasteiger partial charge in [0.1, 0.15) is 17.4 Å². The fourth-order valence-electron chi connectivity index (χ4n) is 2.87. The Balaban J connectivity index is 1.39. The molecule has 1 aromatic heterocycles. The lowest BCUT2D eigenvalue weighted by atomic mass is 10.1. The second-order valence-corrected chi connectivity index (χ2v) is 7.66. The largest absolute Gasteiger partial charge is 0.491 e. The smallest absolute Gasteiger partial charge is 0.161 e. The zero-order valence-corrected chi connectivity index (χ0v) is 18.4. The number of nitrogens with zero attached hydrogens (tertiary/aromatic N) is 1. The van der Waals surface area contributed by atoms with E-state index in [0.717, 1.165) is 26.5 Å². The highest BCUT2D eigenvalue weighted by Gasteiger charge is 2.12. The lowest BCUT2D eigenvalue weighted by molar-refractivity contribution is 0.00361. The van der Waals surface area contributed by atoms with Crippen LogP contribution in [0.4, 0.5) is 0 Å². The molecule has 0 saturated heterocycles. The van der Waals surface area contributed by atoms with Crippen molar-refractivity contribution in [2.24, 2.45) is 0 Å². The van der Waals surface area contributed by atoms with Crippen molar-refractivity contribution in [1.29, 1.82) is 0 Å². The van der Waals surface area contributed by atoms with Crippen LogP contribution in [0.15, 0.2) is 42.5 Å². The van der Waals surface area contributed by atoms with Crippen molar-refractivity contribution >= 4 is 27.3 Å². The van der Waals surface area contributed by atoms with E-state index in [9.17, 15) is 4.79 Å². The number of ketones is 1. The molecule has 31 heavy (non-hydrogen) atoms. The second kappa shape index (κ2) is 12.5. The van der Waals surface area contributed by atoms with E-state index in [-0.39, 0.29) is 12.4 Å². The van der Waals surface area contributed by atoms with E-state index in [1.54, 1.807) is 6.92 Å². The Bertz CT molecular complexity index is 956. The van der Waals surface area contributed by atoms with Gasteiger partial charge in [-0.25, -0.2) is 4.98 Å². The summed E-state index contributed by atoms with van der Waals surface area (Å²) in [4.78, 5) is 16.5. The predicted molar refractivity (Wildman–Crippen MR) is 120 cm³/mol. The average molecular weight is 446 g/mol. The van der Waals surface area contributed by atoms with E-state index in [0.29, 0.717) is 51.8 Å². The summed E-state index contributed by atoms with van der Waals surface area (Å²) in [7, 11) is 0. The Morgan fingerprint density at radius 2 is 1.55 bits per heavy atom. The number of hydrogen-bond acceptors (Lipinski definition) is 8. The van der Waals surface area contributed by atoms with Gasteiger partial charge in [0.05, 0.1) is 56.5 Å². The van der Waals surface area contributed by atoms with Gasteiger partial charge in [-0.3, -0.25) is 4.79 Å². The lowest BCUT2D eigenvalue weighted by Gasteiger charge is -2.08. The third-order valence-corrected chi connectivity index (χ3v) is 5.53. The highest BCUT2D eigenvalue weighted by atomic mass is 32.1. The normalized spacial score (nSPS) is 11.2. The minimum Gasteiger partial charge on any atom is -0.491 e. The third-order valence-electron chi connectivity index (χ3n) is 4.37. The first kappa shape index (κ1) is 23.3. The standard InChI is InChI=1S/C23H27NO6S/c1-17(26)20-3-2-4-21-22(20)31-23(24-21)18-5-7-19(8-6-18)30-16-15-29-14-13-28-12-11-27-10-9-25/h2-8,25H,9-16H2,1H3. The topological polar surface area (TPSA) is 87.1 Å². The quantitative estimate of drug-likeness (QED) is 0.300. The number of thiazole rings is 1. The van der Waals surface area contributed by atoms with Gasteiger partial charge in [-0.2, -0.15) is 0 Å². The van der Waals surface area contributed by atoms with Crippen LogP contribution in [0.5, 0.6) is 5.75 Å². The summed E-state index contributed by atoms with van der Waals surface area (Å²) in [6.07, 6.45) is 0. The first-order valence-electron chi connectivity index (χ1n) is 10.2. The van der Waals surface area contributed by atoms with Gasteiger partial charge in [0.2, 0.25) is 0 Å². The number of carbonyl (C=O) groups excluding carboxylic acids is 1. The first-order valence-corrected chi connectivity index (χ1v) is 11.0. The van der Waals surface area contributed by atoms with Gasteiger partial charge < -0.3 is 24.1 Å². The number of fused-ring (bicyclic) bond motifs is 1. The summed E-state index contributed by atoms with van der Waals surface area (Å²) in [6.45, 7) is 4.78. The Hall–Kier alpha value is -2.36. The van der Waals surface area contributed by atoms with Crippen LogP contribution in [-0.4, -0.2) is 68.7 Å². The number of Topliss-reactive ketones (excluding diaryl/α,β-unsaturated/α-hetero) is 1. The van der Waals surface area contributed by atoms with E-state index < -0.39 is 0 Å². The third kappa shape index (κ3) is 7.09. The van der Waals surface area contributed by atoms with E-state index in [4.69, 9.17) is 24.1 Å². The molecule has 0 saturated carbocycles. The molecule has 0 unspecified atom stereocenters. The molecule has 1 heterocycles. The maximum absolute atomic E-state index is 11.8. The Morgan fingerprint density at radius 1 is 0.903 bits per heavy atom. The van der Waals surface area contributed by atoms with Crippen LogP contribution < -0.4 is 4.74 Å². The summed E-state index contributed by atoms with van der Waals surface area (Å²) in [5, 5.41) is 9.46. The molecule has 8 heteroatoms. The molecule has 0 amide bonds. The molecule has 3 aromatic rings. The number of benzene rings is 2. The van der Waals surface area contributed by atoms with E-state index in [1.165, 1.54) is 11.3 Å². The van der Waals surface area contributed by atoms with Crippen LogP contribution in [0.1, 0.15) is 17.3 Å². The maximum Gasteiger partial charge on any atom is 0.161 e. The van der Waals surface area contributed by atoms with Crippen LogP contribution in [0, 0.1) is 0 Å². The Morgan fingerprint density at radius 3 is 2.19 bits per heavy atom. The number of aliphatic hydroxyl groups excluding tert-OH is 1. The van der Waals surface area contributed by atoms with E-state index >= 15 is 0 Å². The first-order chi connectivity index (χ1) is 15.2. The Kier molecular flexibility index (Phi) is 9.39. The molecule has 166 valence electrons. The van der Waals surface area contributed by atoms with Gasteiger partial charge in [0.25, 0.3) is 0 Å². The summed E-state index contributed by atoms with van der Waals surface area (Å²) in [5.74, 6) is 0.806. The number of ether oxygens (including phenoxy) is 4. The predicted octanol–water partition coefficient (Wildman–Crippen LogP) is 3.59. The fourth-order valence-corrected chi connectivity index (χ4v) is 4.00. The van der Waals surface area contributed by atoms with Crippen molar-refractivity contribution in [1.82, 2.24) is 4.98 Å². The van der Waals surface area contributed by atoms with E-state index in [2.05, 4.69) is 4.98 Å². The van der Waals surface area contributed by atoms with Crippen molar-refractivity contribution < 1.29 is 28.8 Å². The van der Waals surface area contributed by atoms with Crippen molar-refractivity contribution in [3.63, 3.8) is 0 Å². The number of hydrogen-bond donors (Lipinski definition) is 1. The van der Waals surface area contributed by atoms with Gasteiger partial charge >= 0.3 is 0 Å². The Labute approximate surface area is 185 Å². The molecule has 0 aliphatic heterocycles. The number of rotatable bonds is 14. The van der Waals surface area contributed by atoms with Crippen molar-refractivity contribution in [3.8, 4) is 16.3 Å². The van der Waals surface area contributed by atoms with Gasteiger partial charge in [0, 0.05) is 11.1 Å². The van der Waals surface area contributed by atoms with Crippen LogP contribution in [0.2, 0.25) is 0 Å². The molecule has 2 aromatic carbocycles. The van der Waals surface area contributed by atoms with Gasteiger partial charge in [-0.15, -0.1) is 11.3 Å². The maximum atomic E-state index is 11.8. The van der Waals surface area contributed by atoms with Crippen LogP contribution in [0.25, 0.3) is 20.8 Å². The summed E-state index contributed by atoms with van der Waals surface area (Å²) in [6, 6.07) is 13.4.